The van der Waals surface area contributed by atoms with Gasteiger partial charge in [0.05, 0.1) is 0 Å². The van der Waals surface area contributed by atoms with E-state index < -0.39 is 0 Å². The van der Waals surface area contributed by atoms with Gasteiger partial charge in [0.15, 0.2) is 28.6 Å². The first kappa shape index (κ1) is 21.6. The molecule has 0 aliphatic carbocycles. The van der Waals surface area contributed by atoms with Crippen LogP contribution in [0, 0.1) is 0 Å². The van der Waals surface area contributed by atoms with Crippen molar-refractivity contribution >= 4 is 23.4 Å². The number of hydrogen-bond acceptors (Lipinski definition) is 7. The van der Waals surface area contributed by atoms with Gasteiger partial charge < -0.3 is 18.8 Å². The Morgan fingerprint density at radius 3 is 2.85 bits per heavy atom. The molecule has 0 saturated heterocycles. The molecule has 7 nitrogen and oxygen atoms in total. The molecule has 1 aliphatic rings. The van der Waals surface area contributed by atoms with Gasteiger partial charge in [0.2, 0.25) is 0 Å². The highest BCUT2D eigenvalue weighted by Crippen LogP contribution is 2.36. The zero-order valence-electron chi connectivity index (χ0n) is 17.8. The van der Waals surface area contributed by atoms with Gasteiger partial charge in [-0.15, -0.1) is 10.2 Å². The molecule has 0 spiro atoms. The summed E-state index contributed by atoms with van der Waals surface area (Å²) in [5.74, 6) is 3.57. The van der Waals surface area contributed by atoms with Crippen molar-refractivity contribution in [3.8, 4) is 17.2 Å². The lowest BCUT2D eigenvalue weighted by Crippen LogP contribution is -2.24. The summed E-state index contributed by atoms with van der Waals surface area (Å²) in [6.45, 7) is 0.815. The molecular formula is C24H21ClN4O3S. The van der Waals surface area contributed by atoms with Crippen molar-refractivity contribution in [3.05, 3.63) is 89.0 Å². The van der Waals surface area contributed by atoms with Gasteiger partial charge >= 0.3 is 0 Å². The van der Waals surface area contributed by atoms with E-state index in [0.29, 0.717) is 35.6 Å². The molecule has 0 saturated carbocycles. The largest absolute Gasteiger partial charge is 0.489 e. The number of rotatable bonds is 7. The van der Waals surface area contributed by atoms with Crippen LogP contribution in [0.2, 0.25) is 5.02 Å². The van der Waals surface area contributed by atoms with E-state index >= 15 is 0 Å². The Hall–Kier alpha value is -3.23. The molecular weight excluding hydrogens is 460 g/mol. The van der Waals surface area contributed by atoms with Gasteiger partial charge in [-0.05, 0) is 36.4 Å². The molecule has 0 bridgehead atoms. The number of halogens is 1. The molecule has 0 amide bonds. The normalized spacial score (nSPS) is 14.8. The van der Waals surface area contributed by atoms with E-state index in [-0.39, 0.29) is 6.10 Å². The highest BCUT2D eigenvalue weighted by Gasteiger charge is 2.27. The fourth-order valence-corrected chi connectivity index (χ4v) is 4.56. The molecule has 2 aromatic carbocycles. The average molecular weight is 481 g/mol. The maximum atomic E-state index is 6.26. The van der Waals surface area contributed by atoms with E-state index in [4.69, 9.17) is 25.8 Å². The highest BCUT2D eigenvalue weighted by atomic mass is 35.5. The molecule has 1 unspecified atom stereocenters. The third-order valence-electron chi connectivity index (χ3n) is 5.16. The number of aromatic nitrogens is 4. The van der Waals surface area contributed by atoms with Crippen molar-refractivity contribution in [2.75, 3.05) is 6.61 Å². The lowest BCUT2D eigenvalue weighted by molar-refractivity contribution is 0.0825. The summed E-state index contributed by atoms with van der Waals surface area (Å²) in [6, 6.07) is 17.1. The summed E-state index contributed by atoms with van der Waals surface area (Å²) < 4.78 is 19.9. The zero-order chi connectivity index (χ0) is 22.6. The van der Waals surface area contributed by atoms with Crippen LogP contribution in [0.1, 0.15) is 23.1 Å². The maximum absolute atomic E-state index is 6.26. The zero-order valence-corrected chi connectivity index (χ0v) is 19.4. The van der Waals surface area contributed by atoms with Crippen molar-refractivity contribution in [2.24, 2.45) is 7.05 Å². The first-order valence-corrected chi connectivity index (χ1v) is 11.7. The standard InChI is InChI=1S/C24H21ClN4O3S/c1-29-23(22-14-31-20-6-2-3-7-21(20)32-22)27-28-24(29)33-15-17-11-18(25)8-9-19(17)30-13-16-5-4-10-26-12-16/h2-12,22H,13-15H2,1H3. The number of fused-ring (bicyclic) bond motifs is 1. The van der Waals surface area contributed by atoms with Crippen LogP contribution in [-0.2, 0) is 19.4 Å². The molecule has 0 radical (unpaired) electrons. The molecule has 1 atom stereocenters. The van der Waals surface area contributed by atoms with Crippen LogP contribution in [-0.4, -0.2) is 26.4 Å². The second-order valence-corrected chi connectivity index (χ2v) is 8.83. The molecule has 3 heterocycles. The van der Waals surface area contributed by atoms with Crippen LogP contribution in [0.15, 0.2) is 72.1 Å². The number of nitrogens with zero attached hydrogens (tertiary/aromatic N) is 4. The van der Waals surface area contributed by atoms with E-state index in [1.165, 1.54) is 0 Å². The minimum Gasteiger partial charge on any atom is -0.489 e. The lowest BCUT2D eigenvalue weighted by Gasteiger charge is -2.25. The van der Waals surface area contributed by atoms with E-state index in [2.05, 4.69) is 15.2 Å². The molecule has 9 heteroatoms. The predicted molar refractivity (Wildman–Crippen MR) is 126 cm³/mol. The number of thioether (sulfide) groups is 1. The summed E-state index contributed by atoms with van der Waals surface area (Å²) in [4.78, 5) is 4.13. The maximum Gasteiger partial charge on any atom is 0.192 e. The van der Waals surface area contributed by atoms with Crippen LogP contribution >= 0.6 is 23.4 Å². The Morgan fingerprint density at radius 1 is 1.12 bits per heavy atom. The minimum atomic E-state index is -0.323. The minimum absolute atomic E-state index is 0.323. The van der Waals surface area contributed by atoms with Crippen LogP contribution in [0.4, 0.5) is 0 Å². The van der Waals surface area contributed by atoms with Crippen molar-refractivity contribution in [3.63, 3.8) is 0 Å². The second-order valence-electron chi connectivity index (χ2n) is 7.45. The Labute approximate surface area is 200 Å². The molecule has 5 rings (SSSR count). The first-order valence-electron chi connectivity index (χ1n) is 10.4. The SMILES string of the molecule is Cn1c(SCc2cc(Cl)ccc2OCc2cccnc2)nnc1C1COc2ccccc2O1. The van der Waals surface area contributed by atoms with Gasteiger partial charge in [0.1, 0.15) is 19.0 Å². The van der Waals surface area contributed by atoms with E-state index in [1.54, 1.807) is 24.2 Å². The van der Waals surface area contributed by atoms with Crippen LogP contribution in [0.3, 0.4) is 0 Å². The Balaban J connectivity index is 1.28. The number of para-hydroxylation sites is 2. The van der Waals surface area contributed by atoms with E-state index in [1.807, 2.05) is 66.2 Å². The molecule has 0 fully saturated rings. The van der Waals surface area contributed by atoms with Crippen molar-refractivity contribution in [2.45, 2.75) is 23.6 Å². The molecule has 4 aromatic rings. The Morgan fingerprint density at radius 2 is 2.00 bits per heavy atom. The number of ether oxygens (including phenoxy) is 3. The van der Waals surface area contributed by atoms with Gasteiger partial charge in [-0.3, -0.25) is 4.98 Å². The quantitative estimate of drug-likeness (QED) is 0.334. The van der Waals surface area contributed by atoms with Crippen LogP contribution in [0.5, 0.6) is 17.2 Å². The highest BCUT2D eigenvalue weighted by molar-refractivity contribution is 7.98. The first-order chi connectivity index (χ1) is 16.2. The number of pyridine rings is 1. The summed E-state index contributed by atoms with van der Waals surface area (Å²) in [6.07, 6.45) is 3.21. The second kappa shape index (κ2) is 9.72. The van der Waals surface area contributed by atoms with Gasteiger partial charge in [-0.2, -0.15) is 0 Å². The fourth-order valence-electron chi connectivity index (χ4n) is 3.47. The van der Waals surface area contributed by atoms with Crippen LogP contribution in [0.25, 0.3) is 0 Å². The number of hydrogen-bond donors (Lipinski definition) is 0. The van der Waals surface area contributed by atoms with Gasteiger partial charge in [-0.25, -0.2) is 0 Å². The average Bonchev–Trinajstić information content (AvgIpc) is 3.22. The van der Waals surface area contributed by atoms with Gasteiger partial charge in [0.25, 0.3) is 0 Å². The predicted octanol–water partition coefficient (Wildman–Crippen LogP) is 5.25. The third-order valence-corrected chi connectivity index (χ3v) is 6.47. The molecule has 2 aromatic heterocycles. The number of benzene rings is 2. The molecule has 168 valence electrons. The summed E-state index contributed by atoms with van der Waals surface area (Å²) >= 11 is 7.81. The van der Waals surface area contributed by atoms with Crippen molar-refractivity contribution in [1.82, 2.24) is 19.7 Å². The smallest absolute Gasteiger partial charge is 0.192 e. The van der Waals surface area contributed by atoms with E-state index in [9.17, 15) is 0 Å². The Kier molecular flexibility index (Phi) is 6.37. The fraction of sp³-hybridized carbons (Fsp3) is 0.208. The summed E-state index contributed by atoms with van der Waals surface area (Å²) in [5.41, 5.74) is 1.98. The molecule has 1 aliphatic heterocycles. The van der Waals surface area contributed by atoms with Gasteiger partial charge in [0, 0.05) is 41.3 Å². The van der Waals surface area contributed by atoms with Crippen molar-refractivity contribution < 1.29 is 14.2 Å². The van der Waals surface area contributed by atoms with Crippen LogP contribution < -0.4 is 14.2 Å². The van der Waals surface area contributed by atoms with E-state index in [0.717, 1.165) is 27.8 Å². The van der Waals surface area contributed by atoms with Gasteiger partial charge in [-0.1, -0.05) is 41.6 Å². The third kappa shape index (κ3) is 4.91. The topological polar surface area (TPSA) is 71.3 Å². The van der Waals surface area contributed by atoms with Crippen molar-refractivity contribution in [1.29, 1.82) is 0 Å². The monoisotopic (exact) mass is 480 g/mol. The summed E-state index contributed by atoms with van der Waals surface area (Å²) in [5, 5.41) is 10.2. The molecule has 33 heavy (non-hydrogen) atoms. The Bertz CT molecular complexity index is 1250. The molecule has 0 N–H and O–H groups in total. The lowest BCUT2D eigenvalue weighted by atomic mass is 10.2. The summed E-state index contributed by atoms with van der Waals surface area (Å²) in [7, 11) is 1.93.